The fraction of sp³-hybridized carbons (Fsp3) is 0.625. The Hall–Kier alpha value is -1.62. The van der Waals surface area contributed by atoms with E-state index in [4.69, 9.17) is 0 Å². The average Bonchev–Trinajstić information content (AvgIpc) is 2.92. The third kappa shape index (κ3) is 2.29. The second-order valence-corrected chi connectivity index (χ2v) is 6.71. The first kappa shape index (κ1) is 13.1. The molecule has 5 nitrogen and oxygen atoms in total. The van der Waals surface area contributed by atoms with Crippen LogP contribution in [0, 0.1) is 5.92 Å². The number of pyridine rings is 1. The highest BCUT2D eigenvalue weighted by molar-refractivity contribution is 5.78. The van der Waals surface area contributed by atoms with E-state index in [2.05, 4.69) is 40.2 Å². The fourth-order valence-corrected chi connectivity index (χ4v) is 3.74. The predicted molar refractivity (Wildman–Crippen MR) is 84.5 cm³/mol. The Bertz CT molecular complexity index is 639. The summed E-state index contributed by atoms with van der Waals surface area (Å²) in [7, 11) is 0. The zero-order chi connectivity index (χ0) is 14.4. The zero-order valence-corrected chi connectivity index (χ0v) is 12.8. The molecule has 0 saturated carbocycles. The third-order valence-electron chi connectivity index (χ3n) is 4.93. The van der Waals surface area contributed by atoms with Gasteiger partial charge in [-0.05, 0) is 51.8 Å². The molecule has 1 unspecified atom stereocenters. The zero-order valence-electron chi connectivity index (χ0n) is 12.8. The van der Waals surface area contributed by atoms with Crippen molar-refractivity contribution in [1.29, 1.82) is 0 Å². The van der Waals surface area contributed by atoms with E-state index in [1.165, 1.54) is 32.5 Å². The SMILES string of the molecule is CC(C)n1ncc2cc(NC3CN4CCC3CC4)cnc21. The van der Waals surface area contributed by atoms with Crippen LogP contribution in [0.25, 0.3) is 11.0 Å². The van der Waals surface area contributed by atoms with Crippen molar-refractivity contribution in [2.24, 2.45) is 5.92 Å². The molecule has 1 atom stereocenters. The van der Waals surface area contributed by atoms with Crippen molar-refractivity contribution >= 4 is 16.7 Å². The molecule has 3 aliphatic rings. The van der Waals surface area contributed by atoms with Gasteiger partial charge in [-0.15, -0.1) is 0 Å². The average molecular weight is 285 g/mol. The van der Waals surface area contributed by atoms with Gasteiger partial charge in [-0.1, -0.05) is 0 Å². The molecule has 1 N–H and O–H groups in total. The van der Waals surface area contributed by atoms with Crippen LogP contribution in [-0.2, 0) is 0 Å². The molecule has 2 aromatic heterocycles. The first-order valence-electron chi connectivity index (χ1n) is 8.03. The van der Waals surface area contributed by atoms with Crippen LogP contribution >= 0.6 is 0 Å². The number of hydrogen-bond donors (Lipinski definition) is 1. The van der Waals surface area contributed by atoms with Crippen LogP contribution in [0.1, 0.15) is 32.7 Å². The maximum absolute atomic E-state index is 4.61. The lowest BCUT2D eigenvalue weighted by atomic mass is 9.84. The van der Waals surface area contributed by atoms with Crippen molar-refractivity contribution in [1.82, 2.24) is 19.7 Å². The highest BCUT2D eigenvalue weighted by atomic mass is 15.3. The van der Waals surface area contributed by atoms with Gasteiger partial charge in [0.05, 0.1) is 18.1 Å². The van der Waals surface area contributed by atoms with Gasteiger partial charge in [-0.25, -0.2) is 9.67 Å². The van der Waals surface area contributed by atoms with Gasteiger partial charge in [0.2, 0.25) is 0 Å². The van der Waals surface area contributed by atoms with E-state index in [0.29, 0.717) is 12.1 Å². The summed E-state index contributed by atoms with van der Waals surface area (Å²) in [4.78, 5) is 7.18. The largest absolute Gasteiger partial charge is 0.379 e. The summed E-state index contributed by atoms with van der Waals surface area (Å²) in [6, 6.07) is 3.11. The Morgan fingerprint density at radius 3 is 2.71 bits per heavy atom. The molecular weight excluding hydrogens is 262 g/mol. The molecular formula is C16H23N5. The summed E-state index contributed by atoms with van der Waals surface area (Å²) in [5, 5.41) is 9.26. The van der Waals surface area contributed by atoms with Crippen molar-refractivity contribution < 1.29 is 0 Å². The van der Waals surface area contributed by atoms with E-state index in [0.717, 1.165) is 22.6 Å². The monoisotopic (exact) mass is 285 g/mol. The smallest absolute Gasteiger partial charge is 0.158 e. The molecule has 112 valence electrons. The van der Waals surface area contributed by atoms with Crippen molar-refractivity contribution in [2.45, 2.75) is 38.8 Å². The predicted octanol–water partition coefficient (Wildman–Crippen LogP) is 2.52. The molecule has 0 radical (unpaired) electrons. The van der Waals surface area contributed by atoms with E-state index in [9.17, 15) is 0 Å². The molecule has 3 fully saturated rings. The summed E-state index contributed by atoms with van der Waals surface area (Å²) in [6.45, 7) is 8.00. The van der Waals surface area contributed by atoms with Gasteiger partial charge in [-0.2, -0.15) is 5.10 Å². The first-order valence-corrected chi connectivity index (χ1v) is 8.03. The summed E-state index contributed by atoms with van der Waals surface area (Å²) < 4.78 is 1.98. The van der Waals surface area contributed by atoms with Crippen molar-refractivity contribution in [3.05, 3.63) is 18.5 Å². The number of rotatable bonds is 3. The van der Waals surface area contributed by atoms with Gasteiger partial charge >= 0.3 is 0 Å². The lowest BCUT2D eigenvalue weighted by Gasteiger charge is -2.45. The maximum atomic E-state index is 4.61. The van der Waals surface area contributed by atoms with Crippen LogP contribution in [0.3, 0.4) is 0 Å². The number of anilines is 1. The van der Waals surface area contributed by atoms with Gasteiger partial charge in [-0.3, -0.25) is 0 Å². The first-order chi connectivity index (χ1) is 10.2. The molecule has 0 aromatic carbocycles. The highest BCUT2D eigenvalue weighted by Crippen LogP contribution is 2.30. The Kier molecular flexibility index (Phi) is 3.10. The summed E-state index contributed by atoms with van der Waals surface area (Å²) in [5.74, 6) is 0.823. The van der Waals surface area contributed by atoms with Crippen molar-refractivity contribution in [2.75, 3.05) is 25.0 Å². The van der Waals surface area contributed by atoms with Gasteiger partial charge < -0.3 is 10.2 Å². The minimum Gasteiger partial charge on any atom is -0.379 e. The molecule has 2 aromatic rings. The van der Waals surface area contributed by atoms with Gasteiger partial charge in [0, 0.05) is 24.0 Å². The minimum atomic E-state index is 0.343. The van der Waals surface area contributed by atoms with Gasteiger partial charge in [0.1, 0.15) is 0 Å². The molecule has 5 heteroatoms. The standard InChI is InChI=1S/C16H23N5/c1-11(2)21-16-13(8-18-21)7-14(9-17-16)19-15-10-20-5-3-12(15)4-6-20/h7-9,11-12,15,19H,3-6,10H2,1-2H3. The van der Waals surface area contributed by atoms with Crippen molar-refractivity contribution in [3.8, 4) is 0 Å². The number of nitrogens with zero attached hydrogens (tertiary/aromatic N) is 4. The summed E-state index contributed by atoms with van der Waals surface area (Å²) in [6.07, 6.45) is 6.54. The third-order valence-corrected chi connectivity index (χ3v) is 4.93. The van der Waals surface area contributed by atoms with E-state index in [1.807, 2.05) is 17.1 Å². The number of nitrogens with one attached hydrogen (secondary N) is 1. The maximum Gasteiger partial charge on any atom is 0.158 e. The molecule has 0 spiro atoms. The number of piperidine rings is 3. The molecule has 3 saturated heterocycles. The number of fused-ring (bicyclic) bond motifs is 4. The molecule has 5 rings (SSSR count). The lowest BCUT2D eigenvalue weighted by Crippen LogP contribution is -2.53. The molecule has 5 heterocycles. The summed E-state index contributed by atoms with van der Waals surface area (Å²) >= 11 is 0. The van der Waals surface area contributed by atoms with E-state index >= 15 is 0 Å². The molecule has 3 aliphatic heterocycles. The minimum absolute atomic E-state index is 0.343. The molecule has 2 bridgehead atoms. The van der Waals surface area contributed by atoms with Crippen LogP contribution in [0.2, 0.25) is 0 Å². The van der Waals surface area contributed by atoms with Crippen LogP contribution < -0.4 is 5.32 Å². The Labute approximate surface area is 125 Å². The van der Waals surface area contributed by atoms with Crippen molar-refractivity contribution in [3.63, 3.8) is 0 Å². The second-order valence-electron chi connectivity index (χ2n) is 6.71. The van der Waals surface area contributed by atoms with Gasteiger partial charge in [0.15, 0.2) is 5.65 Å². The Morgan fingerprint density at radius 1 is 1.24 bits per heavy atom. The topological polar surface area (TPSA) is 46.0 Å². The van der Waals surface area contributed by atoms with Gasteiger partial charge in [0.25, 0.3) is 0 Å². The number of hydrogen-bond acceptors (Lipinski definition) is 4. The van der Waals surface area contributed by atoms with E-state index in [1.54, 1.807) is 0 Å². The van der Waals surface area contributed by atoms with E-state index < -0.39 is 0 Å². The molecule has 0 aliphatic carbocycles. The lowest BCUT2D eigenvalue weighted by molar-refractivity contribution is 0.0975. The quantitative estimate of drug-likeness (QED) is 0.941. The van der Waals surface area contributed by atoms with Crippen LogP contribution in [0.4, 0.5) is 5.69 Å². The second kappa shape index (κ2) is 4.98. The normalized spacial score (nSPS) is 28.4. The highest BCUT2D eigenvalue weighted by Gasteiger charge is 2.33. The fourth-order valence-electron chi connectivity index (χ4n) is 3.74. The molecule has 0 amide bonds. The Morgan fingerprint density at radius 2 is 2.05 bits per heavy atom. The van der Waals surface area contributed by atoms with E-state index in [-0.39, 0.29) is 0 Å². The van der Waals surface area contributed by atoms with Crippen LogP contribution in [0.5, 0.6) is 0 Å². The number of aromatic nitrogens is 3. The molecule has 21 heavy (non-hydrogen) atoms. The Balaban J connectivity index is 1.57. The van der Waals surface area contributed by atoms with Crippen LogP contribution in [0.15, 0.2) is 18.5 Å². The van der Waals surface area contributed by atoms with Crippen LogP contribution in [-0.4, -0.2) is 45.3 Å². The summed E-state index contributed by atoms with van der Waals surface area (Å²) in [5.41, 5.74) is 2.11.